The van der Waals surface area contributed by atoms with Gasteiger partial charge in [0.1, 0.15) is 4.83 Å². The Morgan fingerprint density at radius 2 is 2.38 bits per heavy atom. The molecule has 0 radical (unpaired) electrons. The van der Waals surface area contributed by atoms with Crippen LogP contribution in [0.15, 0.2) is 22.7 Å². The van der Waals surface area contributed by atoms with E-state index in [1.807, 2.05) is 0 Å². The Labute approximate surface area is 92.7 Å². The molecule has 1 aliphatic carbocycles. The van der Waals surface area contributed by atoms with Crippen molar-refractivity contribution in [3.05, 3.63) is 22.7 Å². The zero-order valence-electron chi connectivity index (χ0n) is 6.83. The quantitative estimate of drug-likeness (QED) is 0.457. The van der Waals surface area contributed by atoms with Crippen LogP contribution in [-0.4, -0.2) is 21.7 Å². The number of alkyl halides is 1. The van der Waals surface area contributed by atoms with E-state index in [4.69, 9.17) is 4.74 Å². The molecule has 0 spiro atoms. The summed E-state index contributed by atoms with van der Waals surface area (Å²) in [5.74, 6) is -2.16. The van der Waals surface area contributed by atoms with Crippen LogP contribution in [0, 0.1) is 0 Å². The summed E-state index contributed by atoms with van der Waals surface area (Å²) in [4.78, 5) is 10.3. The van der Waals surface area contributed by atoms with Gasteiger partial charge in [-0.3, -0.25) is 4.79 Å². The summed E-state index contributed by atoms with van der Waals surface area (Å²) in [6.07, 6.45) is 5.07. The van der Waals surface area contributed by atoms with E-state index in [2.05, 4.69) is 31.9 Å². The first-order valence-corrected chi connectivity index (χ1v) is 5.28. The lowest BCUT2D eigenvalue weighted by Crippen LogP contribution is -2.43. The first-order valence-electron chi connectivity index (χ1n) is 3.57. The van der Waals surface area contributed by atoms with Gasteiger partial charge in [0.05, 0.1) is 4.48 Å². The molecular weight excluding hydrogens is 304 g/mol. The maximum atomic E-state index is 10.7. The smallest absolute Gasteiger partial charge is 0.305 e. The minimum atomic E-state index is -1.62. The molecule has 13 heavy (non-hydrogen) atoms. The molecule has 2 atom stereocenters. The second kappa shape index (κ2) is 3.94. The van der Waals surface area contributed by atoms with Crippen LogP contribution in [-0.2, 0) is 9.53 Å². The molecule has 0 aromatic rings. The van der Waals surface area contributed by atoms with E-state index < -0.39 is 16.6 Å². The molecule has 72 valence electrons. The highest BCUT2D eigenvalue weighted by Crippen LogP contribution is 2.35. The molecule has 0 fully saturated rings. The van der Waals surface area contributed by atoms with E-state index in [-0.39, 0.29) is 0 Å². The van der Waals surface area contributed by atoms with Crippen molar-refractivity contribution in [3.8, 4) is 0 Å². The van der Waals surface area contributed by atoms with Gasteiger partial charge in [-0.15, -0.1) is 0 Å². The summed E-state index contributed by atoms with van der Waals surface area (Å²) < 4.78 is 5.22. The van der Waals surface area contributed by atoms with Crippen molar-refractivity contribution in [2.75, 3.05) is 0 Å². The molecule has 1 N–H and O–H groups in total. The standard InChI is InChI=1S/C8H8Br2O3/c1-5(11)13-8(12)6(9)3-2-4-7(8)10/h2-4,6,12H,1H3/t6-,8+/m0/s1. The van der Waals surface area contributed by atoms with E-state index in [9.17, 15) is 9.90 Å². The number of halogens is 2. The normalized spacial score (nSPS) is 32.6. The maximum Gasteiger partial charge on any atom is 0.305 e. The van der Waals surface area contributed by atoms with E-state index >= 15 is 0 Å². The largest absolute Gasteiger partial charge is 0.427 e. The summed E-state index contributed by atoms with van der Waals surface area (Å²) in [6.45, 7) is 1.25. The topological polar surface area (TPSA) is 46.5 Å². The van der Waals surface area contributed by atoms with Crippen LogP contribution < -0.4 is 0 Å². The SMILES string of the molecule is CC(=O)O[C@@]1(O)C(Br)=CC=C[C@@H]1Br. The number of ether oxygens (including phenoxy) is 1. The van der Waals surface area contributed by atoms with E-state index in [1.54, 1.807) is 18.2 Å². The molecule has 0 aliphatic heterocycles. The molecule has 0 amide bonds. The van der Waals surface area contributed by atoms with Crippen molar-refractivity contribution in [3.63, 3.8) is 0 Å². The summed E-state index contributed by atoms with van der Waals surface area (Å²) in [7, 11) is 0. The molecule has 1 aliphatic rings. The van der Waals surface area contributed by atoms with Gasteiger partial charge in [-0.2, -0.15) is 0 Å². The van der Waals surface area contributed by atoms with Crippen LogP contribution in [0.25, 0.3) is 0 Å². The molecule has 0 bridgehead atoms. The van der Waals surface area contributed by atoms with Crippen LogP contribution in [0.5, 0.6) is 0 Å². The van der Waals surface area contributed by atoms with Crippen molar-refractivity contribution in [1.29, 1.82) is 0 Å². The van der Waals surface area contributed by atoms with Crippen molar-refractivity contribution in [2.45, 2.75) is 17.5 Å². The number of aliphatic hydroxyl groups is 1. The Hall–Kier alpha value is -0.130. The number of allylic oxidation sites excluding steroid dienone is 2. The monoisotopic (exact) mass is 310 g/mol. The number of carbonyl (C=O) groups is 1. The lowest BCUT2D eigenvalue weighted by molar-refractivity contribution is -0.185. The average molecular weight is 312 g/mol. The number of rotatable bonds is 1. The first kappa shape index (κ1) is 10.9. The zero-order valence-corrected chi connectivity index (χ0v) is 10.0. The van der Waals surface area contributed by atoms with Gasteiger partial charge >= 0.3 is 5.97 Å². The molecule has 0 heterocycles. The summed E-state index contributed by atoms with van der Waals surface area (Å²) >= 11 is 6.33. The van der Waals surface area contributed by atoms with Gasteiger partial charge in [-0.05, 0) is 22.0 Å². The summed E-state index contributed by atoms with van der Waals surface area (Å²) in [6, 6.07) is 0. The fourth-order valence-corrected chi connectivity index (χ4v) is 2.25. The minimum Gasteiger partial charge on any atom is -0.427 e. The van der Waals surface area contributed by atoms with Crippen molar-refractivity contribution >= 4 is 37.8 Å². The third kappa shape index (κ3) is 2.21. The number of hydrogen-bond donors (Lipinski definition) is 1. The van der Waals surface area contributed by atoms with E-state index in [1.165, 1.54) is 6.92 Å². The van der Waals surface area contributed by atoms with Crippen LogP contribution in [0.2, 0.25) is 0 Å². The van der Waals surface area contributed by atoms with Gasteiger partial charge < -0.3 is 9.84 Å². The third-order valence-corrected chi connectivity index (χ3v) is 3.30. The van der Waals surface area contributed by atoms with Gasteiger partial charge in [-0.25, -0.2) is 0 Å². The molecule has 3 nitrogen and oxygen atoms in total. The van der Waals surface area contributed by atoms with Gasteiger partial charge in [0.25, 0.3) is 5.79 Å². The fourth-order valence-electron chi connectivity index (χ4n) is 0.943. The molecule has 0 aromatic carbocycles. The molecule has 0 saturated heterocycles. The van der Waals surface area contributed by atoms with Gasteiger partial charge in [0, 0.05) is 6.92 Å². The zero-order chi connectivity index (χ0) is 10.1. The van der Waals surface area contributed by atoms with Crippen LogP contribution in [0.1, 0.15) is 6.92 Å². The highest BCUT2D eigenvalue weighted by Gasteiger charge is 2.41. The average Bonchev–Trinajstić information content (AvgIpc) is 1.99. The third-order valence-electron chi connectivity index (χ3n) is 1.54. The lowest BCUT2D eigenvalue weighted by Gasteiger charge is -2.31. The van der Waals surface area contributed by atoms with E-state index in [0.717, 1.165) is 0 Å². The number of hydrogen-bond acceptors (Lipinski definition) is 3. The molecule has 0 saturated carbocycles. The Kier molecular flexibility index (Phi) is 3.32. The summed E-state index contributed by atoms with van der Waals surface area (Å²) in [5.41, 5.74) is 0. The first-order chi connectivity index (χ1) is 5.97. The fraction of sp³-hybridized carbons (Fsp3) is 0.375. The van der Waals surface area contributed by atoms with Crippen molar-refractivity contribution < 1.29 is 14.6 Å². The van der Waals surface area contributed by atoms with Crippen molar-refractivity contribution in [2.24, 2.45) is 0 Å². The molecular formula is C8H8Br2O3. The van der Waals surface area contributed by atoms with Crippen LogP contribution >= 0.6 is 31.9 Å². The Balaban J connectivity index is 2.92. The Morgan fingerprint density at radius 3 is 2.85 bits per heavy atom. The predicted octanol–water partition coefficient (Wildman–Crippen LogP) is 1.85. The van der Waals surface area contributed by atoms with Gasteiger partial charge in [-0.1, -0.05) is 28.1 Å². The van der Waals surface area contributed by atoms with Crippen LogP contribution in [0.3, 0.4) is 0 Å². The number of carbonyl (C=O) groups excluding carboxylic acids is 1. The minimum absolute atomic E-state index is 0.416. The highest BCUT2D eigenvalue weighted by atomic mass is 79.9. The predicted molar refractivity (Wildman–Crippen MR) is 55.6 cm³/mol. The Bertz CT molecular complexity index is 285. The van der Waals surface area contributed by atoms with Gasteiger partial charge in [0.2, 0.25) is 0 Å². The number of esters is 1. The van der Waals surface area contributed by atoms with Gasteiger partial charge in [0.15, 0.2) is 0 Å². The van der Waals surface area contributed by atoms with Crippen molar-refractivity contribution in [1.82, 2.24) is 0 Å². The Morgan fingerprint density at radius 1 is 1.77 bits per heavy atom. The maximum absolute atomic E-state index is 10.7. The molecule has 5 heteroatoms. The lowest BCUT2D eigenvalue weighted by atomic mass is 10.1. The summed E-state index contributed by atoms with van der Waals surface area (Å²) in [5, 5.41) is 9.92. The second-order valence-corrected chi connectivity index (χ2v) is 4.43. The molecule has 1 rings (SSSR count). The molecule has 0 unspecified atom stereocenters. The molecule has 0 aromatic heterocycles. The highest BCUT2D eigenvalue weighted by molar-refractivity contribution is 9.12. The van der Waals surface area contributed by atoms with Crippen LogP contribution in [0.4, 0.5) is 0 Å². The van der Waals surface area contributed by atoms with E-state index in [0.29, 0.717) is 4.48 Å². The second-order valence-electron chi connectivity index (χ2n) is 2.59.